The molecule has 0 fully saturated rings. The van der Waals surface area contributed by atoms with Crippen LogP contribution in [0, 0.1) is 5.82 Å². The number of halogens is 1. The Morgan fingerprint density at radius 3 is 2.24 bits per heavy atom. The third-order valence-electron chi connectivity index (χ3n) is 3.68. The summed E-state index contributed by atoms with van der Waals surface area (Å²) in [6.07, 6.45) is 1.61. The van der Waals surface area contributed by atoms with Gasteiger partial charge in [-0.3, -0.25) is 9.59 Å². The lowest BCUT2D eigenvalue weighted by atomic mass is 10.1. The minimum atomic E-state index is -0.580. The van der Waals surface area contributed by atoms with Gasteiger partial charge in [-0.15, -0.1) is 0 Å². The van der Waals surface area contributed by atoms with Gasteiger partial charge in [-0.2, -0.15) is 0 Å². The predicted molar refractivity (Wildman–Crippen MR) is 75.8 cm³/mol. The number of anilines is 1. The van der Waals surface area contributed by atoms with Crippen LogP contribution in [0.15, 0.2) is 48.7 Å². The summed E-state index contributed by atoms with van der Waals surface area (Å²) in [5.74, 6) is -1.57. The number of aromatic nitrogens is 1. The van der Waals surface area contributed by atoms with Gasteiger partial charge in [0.15, 0.2) is 5.82 Å². The number of fused-ring (bicyclic) bond motifs is 2. The molecule has 21 heavy (non-hydrogen) atoms. The van der Waals surface area contributed by atoms with Crippen molar-refractivity contribution < 1.29 is 14.0 Å². The number of nitrogens with zero attached hydrogens (tertiary/aromatic N) is 1. The van der Waals surface area contributed by atoms with Crippen molar-refractivity contribution in [1.82, 2.24) is 4.98 Å². The van der Waals surface area contributed by atoms with Gasteiger partial charge in [0.25, 0.3) is 11.8 Å². The van der Waals surface area contributed by atoms with Crippen LogP contribution in [0.2, 0.25) is 0 Å². The fourth-order valence-corrected chi connectivity index (χ4v) is 2.67. The molecule has 3 aromatic rings. The molecular weight excluding hydrogens is 271 g/mol. The SMILES string of the molecule is O=C1c2ccccc2C(=O)N1c1ccc2[nH]ccc2c1F. The van der Waals surface area contributed by atoms with Crippen LogP contribution in [0.5, 0.6) is 0 Å². The van der Waals surface area contributed by atoms with Gasteiger partial charge in [-0.05, 0) is 30.3 Å². The van der Waals surface area contributed by atoms with Gasteiger partial charge in [-0.1, -0.05) is 12.1 Å². The molecule has 0 spiro atoms. The third kappa shape index (κ3) is 1.48. The quantitative estimate of drug-likeness (QED) is 0.696. The number of nitrogens with one attached hydrogen (secondary N) is 1. The summed E-state index contributed by atoms with van der Waals surface area (Å²) < 4.78 is 14.6. The van der Waals surface area contributed by atoms with Gasteiger partial charge in [0.1, 0.15) is 0 Å². The summed E-state index contributed by atoms with van der Waals surface area (Å²) in [7, 11) is 0. The number of rotatable bonds is 1. The molecule has 2 amide bonds. The minimum absolute atomic E-state index is 0.0201. The average molecular weight is 280 g/mol. The zero-order valence-electron chi connectivity index (χ0n) is 10.8. The van der Waals surface area contributed by atoms with E-state index in [1.165, 1.54) is 6.07 Å². The van der Waals surface area contributed by atoms with Gasteiger partial charge < -0.3 is 4.98 Å². The van der Waals surface area contributed by atoms with Crippen molar-refractivity contribution in [3.05, 3.63) is 65.6 Å². The third-order valence-corrected chi connectivity index (χ3v) is 3.68. The first-order valence-corrected chi connectivity index (χ1v) is 6.42. The van der Waals surface area contributed by atoms with Gasteiger partial charge in [0, 0.05) is 17.1 Å². The van der Waals surface area contributed by atoms with Crippen LogP contribution < -0.4 is 4.90 Å². The molecule has 0 saturated carbocycles. The maximum Gasteiger partial charge on any atom is 0.266 e. The Hall–Kier alpha value is -2.95. The molecule has 0 bridgehead atoms. The molecule has 1 aliphatic rings. The molecule has 102 valence electrons. The number of carbonyl (C=O) groups is 2. The predicted octanol–water partition coefficient (Wildman–Crippen LogP) is 3.11. The van der Waals surface area contributed by atoms with E-state index in [1.54, 1.807) is 42.6 Å². The highest BCUT2D eigenvalue weighted by Crippen LogP contribution is 2.33. The first-order chi connectivity index (χ1) is 10.2. The number of imide groups is 1. The lowest BCUT2D eigenvalue weighted by molar-refractivity contribution is 0.0925. The molecule has 4 rings (SSSR count). The first-order valence-electron chi connectivity index (χ1n) is 6.42. The molecule has 2 aromatic carbocycles. The van der Waals surface area contributed by atoms with Crippen molar-refractivity contribution in [2.45, 2.75) is 0 Å². The number of hydrogen-bond acceptors (Lipinski definition) is 2. The zero-order chi connectivity index (χ0) is 14.6. The molecule has 0 unspecified atom stereocenters. The summed E-state index contributed by atoms with van der Waals surface area (Å²) in [6, 6.07) is 11.2. The zero-order valence-corrected chi connectivity index (χ0v) is 10.8. The van der Waals surface area contributed by atoms with Gasteiger partial charge in [-0.25, -0.2) is 9.29 Å². The van der Waals surface area contributed by atoms with Crippen LogP contribution >= 0.6 is 0 Å². The maximum absolute atomic E-state index is 14.6. The van der Waals surface area contributed by atoms with Crippen LogP contribution in [0.25, 0.3) is 10.9 Å². The molecule has 0 saturated heterocycles. The van der Waals surface area contributed by atoms with Crippen molar-refractivity contribution in [2.75, 3.05) is 4.90 Å². The lowest BCUT2D eigenvalue weighted by Gasteiger charge is -2.15. The Labute approximate surface area is 118 Å². The highest BCUT2D eigenvalue weighted by Gasteiger charge is 2.37. The monoisotopic (exact) mass is 280 g/mol. The summed E-state index contributed by atoms with van der Waals surface area (Å²) in [4.78, 5) is 28.5. The molecule has 0 aliphatic carbocycles. The van der Waals surface area contributed by atoms with Gasteiger partial charge in [0.05, 0.1) is 16.8 Å². The number of carbonyl (C=O) groups excluding carboxylic acids is 2. The summed E-state index contributed by atoms with van der Waals surface area (Å²) in [5.41, 5.74) is 1.20. The second-order valence-corrected chi connectivity index (χ2v) is 4.83. The molecule has 1 aromatic heterocycles. The Kier molecular flexibility index (Phi) is 2.27. The summed E-state index contributed by atoms with van der Waals surface area (Å²) in [5, 5.41) is 0.351. The van der Waals surface area contributed by atoms with E-state index < -0.39 is 17.6 Å². The highest BCUT2D eigenvalue weighted by molar-refractivity contribution is 6.34. The Morgan fingerprint density at radius 1 is 0.905 bits per heavy atom. The van der Waals surface area contributed by atoms with Crippen molar-refractivity contribution >= 4 is 28.4 Å². The molecule has 1 aliphatic heterocycles. The number of aromatic amines is 1. The molecule has 2 heterocycles. The van der Waals surface area contributed by atoms with E-state index in [-0.39, 0.29) is 5.69 Å². The van der Waals surface area contributed by atoms with E-state index in [0.29, 0.717) is 22.0 Å². The van der Waals surface area contributed by atoms with E-state index in [9.17, 15) is 14.0 Å². The van der Waals surface area contributed by atoms with E-state index >= 15 is 0 Å². The van der Waals surface area contributed by atoms with Crippen LogP contribution in [-0.4, -0.2) is 16.8 Å². The number of hydrogen-bond donors (Lipinski definition) is 1. The highest BCUT2D eigenvalue weighted by atomic mass is 19.1. The van der Waals surface area contributed by atoms with Crippen molar-refractivity contribution in [2.24, 2.45) is 0 Å². The maximum atomic E-state index is 14.6. The lowest BCUT2D eigenvalue weighted by Crippen LogP contribution is -2.30. The van der Waals surface area contributed by atoms with E-state index in [4.69, 9.17) is 0 Å². The van der Waals surface area contributed by atoms with Crippen molar-refractivity contribution in [3.63, 3.8) is 0 Å². The van der Waals surface area contributed by atoms with E-state index in [2.05, 4.69) is 4.98 Å². The smallest absolute Gasteiger partial charge is 0.266 e. The van der Waals surface area contributed by atoms with Crippen LogP contribution in [-0.2, 0) is 0 Å². The molecule has 0 atom stereocenters. The largest absolute Gasteiger partial charge is 0.361 e. The van der Waals surface area contributed by atoms with Crippen LogP contribution in [0.3, 0.4) is 0 Å². The second kappa shape index (κ2) is 4.02. The number of H-pyrrole nitrogens is 1. The summed E-state index contributed by atoms with van der Waals surface area (Å²) >= 11 is 0. The molecule has 5 heteroatoms. The molecule has 4 nitrogen and oxygen atoms in total. The van der Waals surface area contributed by atoms with E-state index in [0.717, 1.165) is 4.90 Å². The second-order valence-electron chi connectivity index (χ2n) is 4.83. The fraction of sp³-hybridized carbons (Fsp3) is 0. The van der Waals surface area contributed by atoms with Crippen LogP contribution in [0.4, 0.5) is 10.1 Å². The average Bonchev–Trinajstić information content (AvgIpc) is 3.06. The van der Waals surface area contributed by atoms with Crippen LogP contribution in [0.1, 0.15) is 20.7 Å². The number of amides is 2. The molecule has 0 radical (unpaired) electrons. The minimum Gasteiger partial charge on any atom is -0.361 e. The Bertz CT molecular complexity index is 879. The van der Waals surface area contributed by atoms with Crippen molar-refractivity contribution in [3.8, 4) is 0 Å². The first kappa shape index (κ1) is 11.8. The molecule has 1 N–H and O–H groups in total. The molecular formula is C16H9FN2O2. The van der Waals surface area contributed by atoms with Gasteiger partial charge >= 0.3 is 0 Å². The topological polar surface area (TPSA) is 53.2 Å². The number of benzene rings is 2. The normalized spacial score (nSPS) is 14.0. The Morgan fingerprint density at radius 2 is 1.57 bits per heavy atom. The fourth-order valence-electron chi connectivity index (χ4n) is 2.67. The van der Waals surface area contributed by atoms with E-state index in [1.807, 2.05) is 0 Å². The standard InChI is InChI=1S/C16H9FN2O2/c17-14-11-7-8-18-12(11)5-6-13(14)19-15(20)9-3-1-2-4-10(9)16(19)21/h1-8,18H. The van der Waals surface area contributed by atoms with Gasteiger partial charge in [0.2, 0.25) is 0 Å². The Balaban J connectivity index is 1.92. The van der Waals surface area contributed by atoms with Crippen molar-refractivity contribution in [1.29, 1.82) is 0 Å². The summed E-state index contributed by atoms with van der Waals surface area (Å²) in [6.45, 7) is 0.